The van der Waals surface area contributed by atoms with E-state index in [0.29, 0.717) is 5.56 Å². The van der Waals surface area contributed by atoms with E-state index in [-0.39, 0.29) is 79.7 Å². The number of hydrogen-bond acceptors (Lipinski definition) is 4. The maximum absolute atomic E-state index is 11.9. The number of hydrogen-bond donors (Lipinski definition) is 2. The van der Waals surface area contributed by atoms with Crippen LogP contribution in [0.2, 0.25) is 0 Å². The van der Waals surface area contributed by atoms with Crippen molar-refractivity contribution in [2.45, 2.75) is 0 Å². The topological polar surface area (TPSA) is 87.5 Å². The number of benzene rings is 2. The molecule has 0 atom stereocenters. The van der Waals surface area contributed by atoms with Gasteiger partial charge in [0.25, 0.3) is 0 Å². The van der Waals surface area contributed by atoms with Crippen molar-refractivity contribution in [3.05, 3.63) is 59.7 Å². The summed E-state index contributed by atoms with van der Waals surface area (Å²) < 4.78 is 0. The van der Waals surface area contributed by atoms with Crippen LogP contribution in [-0.4, -0.2) is 21.5 Å². The summed E-state index contributed by atoms with van der Waals surface area (Å²) in [7, 11) is 0. The van der Waals surface area contributed by atoms with Gasteiger partial charge >= 0.3 is 51.4 Å². The maximum Gasteiger partial charge on any atom is 1.00 e. The standard InChI is InChI=1S/C13H10O3.K.H2O/c14-10-6-7-11(12(15)8-10)13(16)9-4-2-1-3-5-9;;/h1-8,14-15H;;1H2/q;+1;/p-1. The van der Waals surface area contributed by atoms with Crippen molar-refractivity contribution in [2.75, 3.05) is 0 Å². The quantitative estimate of drug-likeness (QED) is 0.550. The van der Waals surface area contributed by atoms with Crippen LogP contribution in [0.5, 0.6) is 11.5 Å². The Bertz CT molecular complexity index is 526. The van der Waals surface area contributed by atoms with Crippen molar-refractivity contribution < 1.29 is 71.9 Å². The molecule has 0 fully saturated rings. The van der Waals surface area contributed by atoms with E-state index in [0.717, 1.165) is 6.07 Å². The van der Waals surface area contributed by atoms with Gasteiger partial charge in [-0.3, -0.25) is 4.79 Å². The fourth-order valence-electron chi connectivity index (χ4n) is 1.46. The van der Waals surface area contributed by atoms with Crippen LogP contribution in [0.15, 0.2) is 48.5 Å². The van der Waals surface area contributed by atoms with Gasteiger partial charge in [0.1, 0.15) is 11.5 Å². The van der Waals surface area contributed by atoms with E-state index >= 15 is 0 Å². The molecule has 0 saturated heterocycles. The van der Waals surface area contributed by atoms with Crippen LogP contribution in [0.3, 0.4) is 0 Å². The molecule has 0 unspecified atom stereocenters. The van der Waals surface area contributed by atoms with Gasteiger partial charge in [0.05, 0.1) is 5.56 Å². The Morgan fingerprint density at radius 3 is 2.11 bits per heavy atom. The van der Waals surface area contributed by atoms with Crippen molar-refractivity contribution in [3.63, 3.8) is 0 Å². The smallest absolute Gasteiger partial charge is 0.870 e. The molecule has 2 aromatic rings. The monoisotopic (exact) mass is 270 g/mol. The Labute approximate surface area is 147 Å². The normalized spacial score (nSPS) is 8.89. The average molecular weight is 270 g/mol. The van der Waals surface area contributed by atoms with E-state index in [9.17, 15) is 9.90 Å². The van der Waals surface area contributed by atoms with Gasteiger partial charge in [-0.15, -0.1) is 0 Å². The van der Waals surface area contributed by atoms with Gasteiger partial charge in [-0.1, -0.05) is 30.3 Å². The molecule has 2 rings (SSSR count). The Morgan fingerprint density at radius 1 is 0.944 bits per heavy atom. The molecule has 18 heavy (non-hydrogen) atoms. The molecule has 0 aliphatic heterocycles. The largest absolute Gasteiger partial charge is 1.00 e. The summed E-state index contributed by atoms with van der Waals surface area (Å²) in [6.45, 7) is 0. The fourth-order valence-corrected chi connectivity index (χ4v) is 1.46. The zero-order valence-electron chi connectivity index (χ0n) is 9.87. The molecule has 0 aromatic heterocycles. The van der Waals surface area contributed by atoms with E-state index in [1.807, 2.05) is 6.07 Å². The van der Waals surface area contributed by atoms with Gasteiger partial charge < -0.3 is 15.7 Å². The van der Waals surface area contributed by atoms with Crippen LogP contribution in [0.4, 0.5) is 0 Å². The summed E-state index contributed by atoms with van der Waals surface area (Å²) in [5, 5.41) is 18.7. The van der Waals surface area contributed by atoms with Crippen LogP contribution in [-0.2, 0) is 0 Å². The summed E-state index contributed by atoms with van der Waals surface area (Å²) in [5.41, 5.74) is 0.687. The number of ketones is 1. The molecule has 2 aromatic carbocycles. The van der Waals surface area contributed by atoms with Crippen molar-refractivity contribution in [3.8, 4) is 11.5 Å². The van der Waals surface area contributed by atoms with Crippen LogP contribution in [0, 0.1) is 0 Å². The minimum atomic E-state index is -0.266. The number of rotatable bonds is 2. The molecule has 88 valence electrons. The first-order valence-corrected chi connectivity index (χ1v) is 4.80. The fraction of sp³-hybridized carbons (Fsp3) is 0. The third-order valence-electron chi connectivity index (χ3n) is 2.26. The summed E-state index contributed by atoms with van der Waals surface area (Å²) in [4.78, 5) is 11.9. The molecule has 0 heterocycles. The van der Waals surface area contributed by atoms with Gasteiger partial charge in [-0.05, 0) is 12.1 Å². The molecule has 3 N–H and O–H groups in total. The average Bonchev–Trinajstić information content (AvgIpc) is 2.29. The molecular weight excluding hydrogens is 259 g/mol. The molecule has 4 nitrogen and oxygen atoms in total. The Morgan fingerprint density at radius 2 is 1.56 bits per heavy atom. The predicted octanol–water partition coefficient (Wildman–Crippen LogP) is -0.844. The second-order valence-corrected chi connectivity index (χ2v) is 3.40. The first kappa shape index (κ1) is 17.3. The number of carbonyl (C=O) groups is 1. The van der Waals surface area contributed by atoms with Crippen molar-refractivity contribution in [1.82, 2.24) is 0 Å². The molecule has 0 saturated carbocycles. The molecule has 5 heteroatoms. The number of carbonyl (C=O) groups excluding carboxylic acids is 1. The minimum Gasteiger partial charge on any atom is -0.870 e. The zero-order valence-corrected chi connectivity index (χ0v) is 13.0. The Balaban J connectivity index is 0.00000144. The Hall–Kier alpha value is -0.694. The molecule has 0 aliphatic rings. The Kier molecular flexibility index (Phi) is 7.38. The third kappa shape index (κ3) is 3.91. The number of aromatic hydroxyl groups is 2. The molecular formula is C13H11KO4. The van der Waals surface area contributed by atoms with Crippen molar-refractivity contribution in [1.29, 1.82) is 0 Å². The minimum absolute atomic E-state index is 0. The zero-order chi connectivity index (χ0) is 11.5. The van der Waals surface area contributed by atoms with Crippen molar-refractivity contribution >= 4 is 5.78 Å². The SMILES string of the molecule is O=C(c1ccccc1)c1ccc(O)cc1O.[K+].[OH-]. The second-order valence-electron chi connectivity index (χ2n) is 3.40. The number of phenolic OH excluding ortho intramolecular Hbond substituents is 2. The van der Waals surface area contributed by atoms with Gasteiger partial charge in [0.15, 0.2) is 5.78 Å². The second kappa shape index (κ2) is 7.68. The molecule has 0 aliphatic carbocycles. The summed E-state index contributed by atoms with van der Waals surface area (Å²) >= 11 is 0. The van der Waals surface area contributed by atoms with Crippen molar-refractivity contribution in [2.24, 2.45) is 0 Å². The van der Waals surface area contributed by atoms with E-state index in [4.69, 9.17) is 5.11 Å². The van der Waals surface area contributed by atoms with Gasteiger partial charge in [-0.2, -0.15) is 0 Å². The van der Waals surface area contributed by atoms with Gasteiger partial charge in [0.2, 0.25) is 0 Å². The number of phenols is 2. The maximum atomic E-state index is 11.9. The van der Waals surface area contributed by atoms with E-state index in [1.54, 1.807) is 24.3 Å². The van der Waals surface area contributed by atoms with E-state index in [1.165, 1.54) is 12.1 Å². The van der Waals surface area contributed by atoms with Gasteiger partial charge in [0, 0.05) is 11.6 Å². The van der Waals surface area contributed by atoms with Crippen LogP contribution in [0.25, 0.3) is 0 Å². The van der Waals surface area contributed by atoms with Crippen LogP contribution in [0.1, 0.15) is 15.9 Å². The van der Waals surface area contributed by atoms with Crippen LogP contribution < -0.4 is 51.4 Å². The van der Waals surface area contributed by atoms with E-state index in [2.05, 4.69) is 0 Å². The van der Waals surface area contributed by atoms with Crippen LogP contribution >= 0.6 is 0 Å². The first-order chi connectivity index (χ1) is 7.68. The van der Waals surface area contributed by atoms with E-state index < -0.39 is 0 Å². The molecule has 0 bridgehead atoms. The summed E-state index contributed by atoms with van der Waals surface area (Å²) in [5.74, 6) is -0.547. The third-order valence-corrected chi connectivity index (χ3v) is 2.26. The van der Waals surface area contributed by atoms with Gasteiger partial charge in [-0.25, -0.2) is 0 Å². The molecule has 0 radical (unpaired) electrons. The summed E-state index contributed by atoms with van der Waals surface area (Å²) in [6.07, 6.45) is 0. The molecule has 0 spiro atoms. The predicted molar refractivity (Wildman–Crippen MR) is 61.6 cm³/mol. The summed E-state index contributed by atoms with van der Waals surface area (Å²) in [6, 6.07) is 12.6. The first-order valence-electron chi connectivity index (χ1n) is 4.80. The molecule has 0 amide bonds.